The van der Waals surface area contributed by atoms with Crippen LogP contribution in [-0.4, -0.2) is 11.1 Å². The van der Waals surface area contributed by atoms with Crippen molar-refractivity contribution in [3.8, 4) is 0 Å². The lowest BCUT2D eigenvalue weighted by Gasteiger charge is -2.06. The number of nitrogen functional groups attached to an aromatic ring is 1. The summed E-state index contributed by atoms with van der Waals surface area (Å²) >= 11 is 3.29. The normalized spacial score (nSPS) is 10.2. The fourth-order valence-electron chi connectivity index (χ4n) is 1.30. The summed E-state index contributed by atoms with van der Waals surface area (Å²) in [6, 6.07) is 6.77. The summed E-state index contributed by atoms with van der Waals surface area (Å²) < 4.78 is 5.70. The van der Waals surface area contributed by atoms with Crippen LogP contribution in [-0.2, 0) is 0 Å². The molecule has 3 N–H and O–H groups in total. The molecule has 17 heavy (non-hydrogen) atoms. The lowest BCUT2D eigenvalue weighted by atomic mass is 10.2. The minimum Gasteiger partial charge on any atom is -0.397 e. The van der Waals surface area contributed by atoms with Crippen molar-refractivity contribution in [2.24, 2.45) is 0 Å². The van der Waals surface area contributed by atoms with Crippen molar-refractivity contribution in [2.75, 3.05) is 11.1 Å². The zero-order chi connectivity index (χ0) is 12.4. The molecule has 0 saturated carbocycles. The van der Waals surface area contributed by atoms with Gasteiger partial charge < -0.3 is 15.6 Å². The number of nitrogens with two attached hydrogens (primary N) is 1. The minimum absolute atomic E-state index is 0.157. The first kappa shape index (κ1) is 11.7. The summed E-state index contributed by atoms with van der Waals surface area (Å²) in [6.45, 7) is 1.74. The highest BCUT2D eigenvalue weighted by Gasteiger charge is 2.12. The molecule has 0 spiro atoms. The maximum atomic E-state index is 11.8. The standard InChI is InChI=1S/C11H10BrN3O2/c1-6-4-10(17-15-6)11(16)14-9-3-2-7(12)5-8(9)13/h2-5H,13H2,1H3,(H,14,16). The number of carbonyl (C=O) groups is 1. The second-order valence-electron chi connectivity index (χ2n) is 3.52. The van der Waals surface area contributed by atoms with Crippen LogP contribution in [0, 0.1) is 6.92 Å². The number of carbonyl (C=O) groups excluding carboxylic acids is 1. The first-order chi connectivity index (χ1) is 8.06. The lowest BCUT2D eigenvalue weighted by molar-refractivity contribution is 0.0988. The molecule has 0 atom stereocenters. The van der Waals surface area contributed by atoms with Crippen molar-refractivity contribution >= 4 is 33.2 Å². The largest absolute Gasteiger partial charge is 0.397 e. The summed E-state index contributed by atoms with van der Waals surface area (Å²) in [5.41, 5.74) is 7.42. The van der Waals surface area contributed by atoms with E-state index in [1.807, 2.05) is 0 Å². The Kier molecular flexibility index (Phi) is 3.14. The number of amides is 1. The summed E-state index contributed by atoms with van der Waals surface area (Å²) in [5, 5.41) is 6.29. The molecule has 88 valence electrons. The number of halogens is 1. The monoisotopic (exact) mass is 295 g/mol. The van der Waals surface area contributed by atoms with Gasteiger partial charge in [0.15, 0.2) is 0 Å². The van der Waals surface area contributed by atoms with Gasteiger partial charge in [0.25, 0.3) is 5.91 Å². The highest BCUT2D eigenvalue weighted by Crippen LogP contribution is 2.23. The highest BCUT2D eigenvalue weighted by molar-refractivity contribution is 9.10. The number of anilines is 2. The van der Waals surface area contributed by atoms with Crippen molar-refractivity contribution in [3.05, 3.63) is 40.2 Å². The molecule has 1 aromatic heterocycles. The molecular weight excluding hydrogens is 286 g/mol. The molecule has 2 rings (SSSR count). The third kappa shape index (κ3) is 2.65. The molecule has 0 unspecified atom stereocenters. The number of nitrogens with one attached hydrogen (secondary N) is 1. The molecule has 1 heterocycles. The molecule has 0 radical (unpaired) electrons. The summed E-state index contributed by atoms with van der Waals surface area (Å²) in [4.78, 5) is 11.8. The molecule has 0 bridgehead atoms. The summed E-state index contributed by atoms with van der Waals surface area (Å²) in [7, 11) is 0. The Morgan fingerprint density at radius 2 is 2.24 bits per heavy atom. The first-order valence-corrected chi connectivity index (χ1v) is 5.65. The van der Waals surface area contributed by atoms with Crippen molar-refractivity contribution in [3.63, 3.8) is 0 Å². The van der Waals surface area contributed by atoms with E-state index in [1.54, 1.807) is 31.2 Å². The second kappa shape index (κ2) is 4.58. The number of hydrogen-bond acceptors (Lipinski definition) is 4. The van der Waals surface area contributed by atoms with Gasteiger partial charge in [-0.05, 0) is 25.1 Å². The summed E-state index contributed by atoms with van der Waals surface area (Å²) in [5.74, 6) is -0.218. The number of nitrogens with zero attached hydrogens (tertiary/aromatic N) is 1. The third-order valence-electron chi connectivity index (χ3n) is 2.11. The zero-order valence-electron chi connectivity index (χ0n) is 9.03. The molecule has 0 aliphatic heterocycles. The van der Waals surface area contributed by atoms with Crippen LogP contribution in [0.25, 0.3) is 0 Å². The average molecular weight is 296 g/mol. The Labute approximate surface area is 106 Å². The van der Waals surface area contributed by atoms with Crippen LogP contribution in [0.1, 0.15) is 16.2 Å². The van der Waals surface area contributed by atoms with Crippen LogP contribution in [0.15, 0.2) is 33.3 Å². The van der Waals surface area contributed by atoms with E-state index in [0.29, 0.717) is 17.1 Å². The predicted octanol–water partition coefficient (Wildman–Crippen LogP) is 2.58. The minimum atomic E-state index is -0.375. The number of rotatable bonds is 2. The first-order valence-electron chi connectivity index (χ1n) is 4.86. The molecule has 1 aromatic carbocycles. The Morgan fingerprint density at radius 1 is 1.47 bits per heavy atom. The predicted molar refractivity (Wildman–Crippen MR) is 67.7 cm³/mol. The number of aromatic nitrogens is 1. The Balaban J connectivity index is 2.18. The molecule has 6 heteroatoms. The molecule has 0 aliphatic carbocycles. The van der Waals surface area contributed by atoms with E-state index in [9.17, 15) is 4.79 Å². The van der Waals surface area contributed by atoms with E-state index >= 15 is 0 Å². The van der Waals surface area contributed by atoms with E-state index in [2.05, 4.69) is 26.4 Å². The fraction of sp³-hybridized carbons (Fsp3) is 0.0909. The van der Waals surface area contributed by atoms with Gasteiger partial charge in [-0.15, -0.1) is 0 Å². The zero-order valence-corrected chi connectivity index (χ0v) is 10.6. The van der Waals surface area contributed by atoms with E-state index in [0.717, 1.165) is 4.47 Å². The SMILES string of the molecule is Cc1cc(C(=O)Nc2ccc(Br)cc2N)on1. The van der Waals surface area contributed by atoms with Gasteiger partial charge in [-0.3, -0.25) is 4.79 Å². The number of hydrogen-bond donors (Lipinski definition) is 2. The summed E-state index contributed by atoms with van der Waals surface area (Å²) in [6.07, 6.45) is 0. The van der Waals surface area contributed by atoms with Gasteiger partial charge >= 0.3 is 0 Å². The lowest BCUT2D eigenvalue weighted by Crippen LogP contribution is -2.12. The Morgan fingerprint density at radius 3 is 2.82 bits per heavy atom. The van der Waals surface area contributed by atoms with E-state index in [1.165, 1.54) is 0 Å². The van der Waals surface area contributed by atoms with Gasteiger partial charge in [0.1, 0.15) is 0 Å². The topological polar surface area (TPSA) is 81.2 Å². The average Bonchev–Trinajstić information content (AvgIpc) is 2.69. The van der Waals surface area contributed by atoms with Crippen molar-refractivity contribution in [1.29, 1.82) is 0 Å². The number of aryl methyl sites for hydroxylation is 1. The van der Waals surface area contributed by atoms with E-state index < -0.39 is 0 Å². The van der Waals surface area contributed by atoms with Gasteiger partial charge in [-0.25, -0.2) is 0 Å². The molecule has 5 nitrogen and oxygen atoms in total. The van der Waals surface area contributed by atoms with Crippen LogP contribution in [0.3, 0.4) is 0 Å². The van der Waals surface area contributed by atoms with Gasteiger partial charge in [-0.1, -0.05) is 21.1 Å². The van der Waals surface area contributed by atoms with Gasteiger partial charge in [0, 0.05) is 10.5 Å². The van der Waals surface area contributed by atoms with Crippen LogP contribution < -0.4 is 11.1 Å². The Bertz CT molecular complexity index is 566. The van der Waals surface area contributed by atoms with Crippen LogP contribution in [0.4, 0.5) is 11.4 Å². The smallest absolute Gasteiger partial charge is 0.294 e. The maximum absolute atomic E-state index is 11.8. The fourth-order valence-corrected chi connectivity index (χ4v) is 1.68. The van der Waals surface area contributed by atoms with E-state index in [-0.39, 0.29) is 11.7 Å². The van der Waals surface area contributed by atoms with Gasteiger partial charge in [0.2, 0.25) is 5.76 Å². The second-order valence-corrected chi connectivity index (χ2v) is 4.43. The van der Waals surface area contributed by atoms with E-state index in [4.69, 9.17) is 10.3 Å². The van der Waals surface area contributed by atoms with Crippen LogP contribution >= 0.6 is 15.9 Å². The Hall–Kier alpha value is -1.82. The van der Waals surface area contributed by atoms with Gasteiger partial charge in [0.05, 0.1) is 17.1 Å². The molecule has 2 aromatic rings. The molecule has 1 amide bonds. The molecule has 0 fully saturated rings. The molecule has 0 aliphatic rings. The quantitative estimate of drug-likeness (QED) is 0.835. The van der Waals surface area contributed by atoms with Crippen molar-refractivity contribution < 1.29 is 9.32 Å². The van der Waals surface area contributed by atoms with Crippen molar-refractivity contribution in [1.82, 2.24) is 5.16 Å². The molecule has 0 saturated heterocycles. The molecular formula is C11H10BrN3O2. The van der Waals surface area contributed by atoms with Crippen LogP contribution in [0.2, 0.25) is 0 Å². The number of benzene rings is 1. The third-order valence-corrected chi connectivity index (χ3v) is 2.61. The highest BCUT2D eigenvalue weighted by atomic mass is 79.9. The van der Waals surface area contributed by atoms with Crippen LogP contribution in [0.5, 0.6) is 0 Å². The van der Waals surface area contributed by atoms with Crippen molar-refractivity contribution in [2.45, 2.75) is 6.92 Å². The van der Waals surface area contributed by atoms with Gasteiger partial charge in [-0.2, -0.15) is 0 Å². The maximum Gasteiger partial charge on any atom is 0.294 e.